The van der Waals surface area contributed by atoms with Crippen molar-refractivity contribution in [3.05, 3.63) is 56.4 Å². The highest BCUT2D eigenvalue weighted by molar-refractivity contribution is 9.10. The molecule has 1 aromatic carbocycles. The molecule has 0 fully saturated rings. The molecule has 2 aromatic rings. The van der Waals surface area contributed by atoms with Crippen molar-refractivity contribution in [1.82, 2.24) is 4.90 Å². The van der Waals surface area contributed by atoms with Gasteiger partial charge in [0, 0.05) is 18.0 Å². The lowest BCUT2D eigenvalue weighted by Crippen LogP contribution is -2.20. The summed E-state index contributed by atoms with van der Waals surface area (Å²) >= 11 is 5.08. The van der Waals surface area contributed by atoms with Gasteiger partial charge in [0.15, 0.2) is 0 Å². The van der Waals surface area contributed by atoms with Crippen LogP contribution in [0.25, 0.3) is 0 Å². The molecule has 96 valence electrons. The minimum Gasteiger partial charge on any atom is -0.302 e. The molecule has 0 amide bonds. The van der Waals surface area contributed by atoms with E-state index >= 15 is 0 Å². The highest BCUT2D eigenvalue weighted by Crippen LogP contribution is 2.21. The lowest BCUT2D eigenvalue weighted by molar-refractivity contribution is 0.330. The van der Waals surface area contributed by atoms with Gasteiger partial charge in [-0.3, -0.25) is 0 Å². The Balaban J connectivity index is 1.90. The van der Waals surface area contributed by atoms with Crippen molar-refractivity contribution in [2.75, 3.05) is 13.6 Å². The SMILES string of the molecule is CN(CCc1cccs1)Cc1cccc(F)c1Br. The first-order chi connectivity index (χ1) is 8.66. The van der Waals surface area contributed by atoms with Crippen LogP contribution < -0.4 is 0 Å². The molecule has 4 heteroatoms. The minimum atomic E-state index is -0.195. The van der Waals surface area contributed by atoms with E-state index in [1.54, 1.807) is 17.4 Å². The average molecular weight is 328 g/mol. The number of likely N-dealkylation sites (N-methyl/N-ethyl adjacent to an activating group) is 1. The second-order valence-electron chi connectivity index (χ2n) is 4.28. The topological polar surface area (TPSA) is 3.24 Å². The fourth-order valence-corrected chi connectivity index (χ4v) is 2.88. The average Bonchev–Trinajstić information content (AvgIpc) is 2.86. The molecule has 0 spiro atoms. The zero-order valence-electron chi connectivity index (χ0n) is 10.2. The van der Waals surface area contributed by atoms with Crippen LogP contribution in [0.4, 0.5) is 4.39 Å². The van der Waals surface area contributed by atoms with E-state index in [1.807, 2.05) is 6.07 Å². The molecule has 0 atom stereocenters. The molecule has 0 N–H and O–H groups in total. The Bertz CT molecular complexity index is 499. The summed E-state index contributed by atoms with van der Waals surface area (Å²) in [5.74, 6) is -0.195. The van der Waals surface area contributed by atoms with Crippen LogP contribution in [-0.4, -0.2) is 18.5 Å². The van der Waals surface area contributed by atoms with Crippen molar-refractivity contribution < 1.29 is 4.39 Å². The van der Waals surface area contributed by atoms with Crippen LogP contribution in [-0.2, 0) is 13.0 Å². The van der Waals surface area contributed by atoms with Gasteiger partial charge in [0.2, 0.25) is 0 Å². The van der Waals surface area contributed by atoms with E-state index in [9.17, 15) is 4.39 Å². The molecule has 0 aliphatic heterocycles. The number of halogens is 2. The summed E-state index contributed by atoms with van der Waals surface area (Å²) in [6.45, 7) is 1.73. The fourth-order valence-electron chi connectivity index (χ4n) is 1.80. The third kappa shape index (κ3) is 3.64. The highest BCUT2D eigenvalue weighted by Gasteiger charge is 2.08. The van der Waals surface area contributed by atoms with E-state index in [0.717, 1.165) is 25.1 Å². The van der Waals surface area contributed by atoms with Crippen LogP contribution in [0, 0.1) is 5.82 Å². The van der Waals surface area contributed by atoms with E-state index in [0.29, 0.717) is 4.47 Å². The Labute approximate surface area is 119 Å². The summed E-state index contributed by atoms with van der Waals surface area (Å²) in [7, 11) is 2.06. The largest absolute Gasteiger partial charge is 0.302 e. The zero-order chi connectivity index (χ0) is 13.0. The lowest BCUT2D eigenvalue weighted by Gasteiger charge is -2.17. The summed E-state index contributed by atoms with van der Waals surface area (Å²) in [5, 5.41) is 2.10. The maximum absolute atomic E-state index is 13.4. The third-order valence-electron chi connectivity index (χ3n) is 2.79. The molecule has 0 saturated heterocycles. The van der Waals surface area contributed by atoms with Crippen LogP contribution in [0.15, 0.2) is 40.2 Å². The Morgan fingerprint density at radius 3 is 2.83 bits per heavy atom. The van der Waals surface area contributed by atoms with E-state index in [2.05, 4.69) is 45.4 Å². The minimum absolute atomic E-state index is 0.195. The van der Waals surface area contributed by atoms with Crippen molar-refractivity contribution in [1.29, 1.82) is 0 Å². The molecule has 0 unspecified atom stereocenters. The number of hydrogen-bond donors (Lipinski definition) is 0. The molecule has 1 nitrogen and oxygen atoms in total. The maximum atomic E-state index is 13.4. The van der Waals surface area contributed by atoms with Crippen LogP contribution in [0.5, 0.6) is 0 Å². The lowest BCUT2D eigenvalue weighted by atomic mass is 10.2. The molecular weight excluding hydrogens is 313 g/mol. The summed E-state index contributed by atoms with van der Waals surface area (Å²) in [4.78, 5) is 3.60. The molecule has 0 radical (unpaired) electrons. The molecule has 1 heterocycles. The number of nitrogens with zero attached hydrogens (tertiary/aromatic N) is 1. The van der Waals surface area contributed by atoms with E-state index in [4.69, 9.17) is 0 Å². The molecule has 0 aliphatic carbocycles. The van der Waals surface area contributed by atoms with Crippen molar-refractivity contribution in [2.24, 2.45) is 0 Å². The van der Waals surface area contributed by atoms with Gasteiger partial charge in [0.1, 0.15) is 5.82 Å². The van der Waals surface area contributed by atoms with Gasteiger partial charge >= 0.3 is 0 Å². The molecule has 0 aliphatic rings. The van der Waals surface area contributed by atoms with Crippen LogP contribution in [0.1, 0.15) is 10.4 Å². The summed E-state index contributed by atoms with van der Waals surface area (Å²) in [6, 6.07) is 9.40. The van der Waals surface area contributed by atoms with Gasteiger partial charge in [-0.1, -0.05) is 18.2 Å². The monoisotopic (exact) mass is 327 g/mol. The molecular formula is C14H15BrFNS. The van der Waals surface area contributed by atoms with Crippen LogP contribution >= 0.6 is 27.3 Å². The first kappa shape index (κ1) is 13.7. The van der Waals surface area contributed by atoms with Gasteiger partial charge in [-0.05, 0) is 52.5 Å². The predicted octanol–water partition coefficient (Wildman–Crippen LogP) is 4.32. The molecule has 2 rings (SSSR count). The second kappa shape index (κ2) is 6.45. The van der Waals surface area contributed by atoms with Gasteiger partial charge in [-0.15, -0.1) is 11.3 Å². The molecule has 18 heavy (non-hydrogen) atoms. The first-order valence-corrected chi connectivity index (χ1v) is 7.48. The maximum Gasteiger partial charge on any atom is 0.137 e. The Morgan fingerprint density at radius 2 is 2.11 bits per heavy atom. The van der Waals surface area contributed by atoms with Crippen molar-refractivity contribution in [2.45, 2.75) is 13.0 Å². The quantitative estimate of drug-likeness (QED) is 0.790. The number of benzene rings is 1. The van der Waals surface area contributed by atoms with Gasteiger partial charge in [-0.25, -0.2) is 4.39 Å². The highest BCUT2D eigenvalue weighted by atomic mass is 79.9. The molecule has 0 saturated carbocycles. The van der Waals surface area contributed by atoms with Crippen LogP contribution in [0.2, 0.25) is 0 Å². The van der Waals surface area contributed by atoms with E-state index in [1.165, 1.54) is 10.9 Å². The summed E-state index contributed by atoms with van der Waals surface area (Å²) in [5.41, 5.74) is 0.990. The fraction of sp³-hybridized carbons (Fsp3) is 0.286. The van der Waals surface area contributed by atoms with Gasteiger partial charge in [0.25, 0.3) is 0 Å². The van der Waals surface area contributed by atoms with E-state index in [-0.39, 0.29) is 5.82 Å². The molecule has 0 bridgehead atoms. The molecule has 1 aromatic heterocycles. The van der Waals surface area contributed by atoms with Crippen molar-refractivity contribution >= 4 is 27.3 Å². The van der Waals surface area contributed by atoms with Gasteiger partial charge < -0.3 is 4.90 Å². The number of hydrogen-bond acceptors (Lipinski definition) is 2. The Kier molecular flexibility index (Phi) is 4.92. The van der Waals surface area contributed by atoms with E-state index < -0.39 is 0 Å². The van der Waals surface area contributed by atoms with Gasteiger partial charge in [0.05, 0.1) is 4.47 Å². The smallest absolute Gasteiger partial charge is 0.137 e. The number of thiophene rings is 1. The Hall–Kier alpha value is -0.710. The third-order valence-corrected chi connectivity index (χ3v) is 4.62. The zero-order valence-corrected chi connectivity index (χ0v) is 12.6. The number of rotatable bonds is 5. The summed E-state index contributed by atoms with van der Waals surface area (Å²) in [6.07, 6.45) is 1.04. The Morgan fingerprint density at radius 1 is 1.28 bits per heavy atom. The van der Waals surface area contributed by atoms with Gasteiger partial charge in [-0.2, -0.15) is 0 Å². The summed E-state index contributed by atoms with van der Waals surface area (Å²) < 4.78 is 14.0. The van der Waals surface area contributed by atoms with Crippen molar-refractivity contribution in [3.63, 3.8) is 0 Å². The first-order valence-electron chi connectivity index (χ1n) is 5.80. The normalized spacial score (nSPS) is 11.1. The van der Waals surface area contributed by atoms with Crippen LogP contribution in [0.3, 0.4) is 0 Å². The predicted molar refractivity (Wildman–Crippen MR) is 78.5 cm³/mol. The van der Waals surface area contributed by atoms with Crippen molar-refractivity contribution in [3.8, 4) is 0 Å². The standard InChI is InChI=1S/C14H15BrFNS/c1-17(8-7-12-5-3-9-18-12)10-11-4-2-6-13(16)14(11)15/h2-6,9H,7-8,10H2,1H3. The second-order valence-corrected chi connectivity index (χ2v) is 6.11.